The van der Waals surface area contributed by atoms with E-state index in [4.69, 9.17) is 11.6 Å². The van der Waals surface area contributed by atoms with Crippen LogP contribution in [-0.2, 0) is 10.0 Å². The Morgan fingerprint density at radius 1 is 1.39 bits per heavy atom. The molecule has 18 heavy (non-hydrogen) atoms. The lowest BCUT2D eigenvalue weighted by Gasteiger charge is -2.25. The molecule has 0 aliphatic carbocycles. The van der Waals surface area contributed by atoms with Crippen LogP contribution in [0.25, 0.3) is 0 Å². The van der Waals surface area contributed by atoms with E-state index in [9.17, 15) is 8.42 Å². The van der Waals surface area contributed by atoms with Crippen molar-refractivity contribution in [3.05, 3.63) is 27.7 Å². The van der Waals surface area contributed by atoms with Crippen LogP contribution in [0.1, 0.15) is 20.3 Å². The summed E-state index contributed by atoms with van der Waals surface area (Å²) in [6.07, 6.45) is 0.681. The smallest absolute Gasteiger partial charge is 0.207 e. The molecule has 0 heterocycles. The molecule has 1 N–H and O–H groups in total. The first-order chi connectivity index (χ1) is 8.18. The lowest BCUT2D eigenvalue weighted by molar-refractivity contribution is 0.443. The van der Waals surface area contributed by atoms with Crippen molar-refractivity contribution in [1.29, 1.82) is 0 Å². The number of hydrogen-bond acceptors (Lipinski definition) is 2. The van der Waals surface area contributed by atoms with E-state index in [0.29, 0.717) is 6.42 Å². The van der Waals surface area contributed by atoms with Gasteiger partial charge < -0.3 is 0 Å². The number of halogens is 3. The highest BCUT2D eigenvalue weighted by Gasteiger charge is 2.27. The zero-order valence-electron chi connectivity index (χ0n) is 10.0. The van der Waals surface area contributed by atoms with Gasteiger partial charge in [-0.2, -0.15) is 0 Å². The first-order valence-electron chi connectivity index (χ1n) is 5.23. The van der Waals surface area contributed by atoms with Gasteiger partial charge in [-0.05, 0) is 38.5 Å². The molecule has 1 aromatic rings. The second kappa shape index (κ2) is 6.22. The van der Waals surface area contributed by atoms with Gasteiger partial charge >= 0.3 is 0 Å². The van der Waals surface area contributed by atoms with E-state index < -0.39 is 15.6 Å². The van der Waals surface area contributed by atoms with Crippen molar-refractivity contribution in [2.45, 2.75) is 30.7 Å². The molecule has 0 bridgehead atoms. The molecule has 0 radical (unpaired) electrons. The van der Waals surface area contributed by atoms with Gasteiger partial charge in [0.15, 0.2) is 0 Å². The molecule has 0 atom stereocenters. The van der Waals surface area contributed by atoms with Crippen LogP contribution in [0.15, 0.2) is 27.6 Å². The van der Waals surface area contributed by atoms with Gasteiger partial charge in [-0.15, -0.1) is 0 Å². The minimum Gasteiger partial charge on any atom is -0.207 e. The Morgan fingerprint density at radius 2 is 2.00 bits per heavy atom. The van der Waals surface area contributed by atoms with Crippen molar-refractivity contribution in [2.24, 2.45) is 0 Å². The quantitative estimate of drug-likeness (QED) is 0.735. The van der Waals surface area contributed by atoms with Crippen LogP contribution in [0.3, 0.4) is 0 Å². The third-order valence-electron chi connectivity index (χ3n) is 2.31. The number of rotatable bonds is 5. The Bertz CT molecular complexity index is 532. The molecule has 0 aliphatic heterocycles. The summed E-state index contributed by atoms with van der Waals surface area (Å²) in [4.78, 5) is 0.0926. The molecule has 0 aromatic heterocycles. The molecule has 102 valence electrons. The predicted octanol–water partition coefficient (Wildman–Crippen LogP) is 3.94. The van der Waals surface area contributed by atoms with Crippen molar-refractivity contribution in [2.75, 3.05) is 5.33 Å². The Hall–Kier alpha value is 0.380. The number of benzene rings is 1. The molecule has 0 amide bonds. The molecule has 0 unspecified atom stereocenters. The Kier molecular flexibility index (Phi) is 5.68. The Balaban J connectivity index is 3.07. The van der Waals surface area contributed by atoms with Crippen molar-refractivity contribution >= 4 is 53.5 Å². The topological polar surface area (TPSA) is 46.2 Å². The highest BCUT2D eigenvalue weighted by Crippen LogP contribution is 2.26. The third-order valence-corrected chi connectivity index (χ3v) is 5.38. The molecule has 1 aromatic carbocycles. The first-order valence-corrected chi connectivity index (χ1v) is 9.00. The van der Waals surface area contributed by atoms with Crippen LogP contribution in [0.4, 0.5) is 0 Å². The SMILES string of the molecule is CC(C)(CCBr)NS(=O)(=O)c1ccc(Br)cc1Cl. The van der Waals surface area contributed by atoms with E-state index in [2.05, 4.69) is 36.6 Å². The van der Waals surface area contributed by atoms with Crippen molar-refractivity contribution < 1.29 is 8.42 Å². The lowest BCUT2D eigenvalue weighted by atomic mass is 10.0. The zero-order valence-corrected chi connectivity index (χ0v) is 14.7. The van der Waals surface area contributed by atoms with Gasteiger partial charge in [0.2, 0.25) is 10.0 Å². The standard InChI is InChI=1S/C11H14Br2ClNO2S/c1-11(2,5-6-12)15-18(16,17)10-4-3-8(13)7-9(10)14/h3-4,7,15H,5-6H2,1-2H3. The minimum atomic E-state index is -3.61. The lowest BCUT2D eigenvalue weighted by Crippen LogP contribution is -2.43. The van der Waals surface area contributed by atoms with E-state index in [-0.39, 0.29) is 9.92 Å². The summed E-state index contributed by atoms with van der Waals surface area (Å²) in [5.41, 5.74) is -0.529. The van der Waals surface area contributed by atoms with Crippen molar-refractivity contribution in [3.8, 4) is 0 Å². The van der Waals surface area contributed by atoms with Gasteiger partial charge in [-0.25, -0.2) is 13.1 Å². The van der Waals surface area contributed by atoms with Crippen LogP contribution in [0.2, 0.25) is 5.02 Å². The second-order valence-electron chi connectivity index (χ2n) is 4.50. The molecule has 1 rings (SSSR count). The van der Waals surface area contributed by atoms with Crippen LogP contribution in [0.5, 0.6) is 0 Å². The summed E-state index contributed by atoms with van der Waals surface area (Å²) < 4.78 is 27.9. The van der Waals surface area contributed by atoms with Crippen LogP contribution < -0.4 is 4.72 Å². The highest BCUT2D eigenvalue weighted by atomic mass is 79.9. The van der Waals surface area contributed by atoms with E-state index in [1.54, 1.807) is 12.1 Å². The molecular weight excluding hydrogens is 405 g/mol. The van der Waals surface area contributed by atoms with E-state index in [1.165, 1.54) is 6.07 Å². The number of sulfonamides is 1. The van der Waals surface area contributed by atoms with Gasteiger partial charge in [-0.1, -0.05) is 43.5 Å². The molecule has 0 aliphatic rings. The van der Waals surface area contributed by atoms with Crippen LogP contribution >= 0.6 is 43.5 Å². The predicted molar refractivity (Wildman–Crippen MR) is 82.0 cm³/mol. The van der Waals surface area contributed by atoms with E-state index in [1.807, 2.05) is 13.8 Å². The first kappa shape index (κ1) is 16.4. The Labute approximate surface area is 130 Å². The summed E-state index contributed by atoms with van der Waals surface area (Å²) in [5.74, 6) is 0. The second-order valence-corrected chi connectivity index (χ2v) is 8.27. The van der Waals surface area contributed by atoms with Crippen LogP contribution in [-0.4, -0.2) is 19.3 Å². The fraction of sp³-hybridized carbons (Fsp3) is 0.455. The van der Waals surface area contributed by atoms with Crippen molar-refractivity contribution in [1.82, 2.24) is 4.72 Å². The fourth-order valence-corrected chi connectivity index (χ4v) is 4.87. The molecule has 0 fully saturated rings. The van der Waals surface area contributed by atoms with Crippen LogP contribution in [0, 0.1) is 0 Å². The monoisotopic (exact) mass is 417 g/mol. The number of alkyl halides is 1. The maximum atomic E-state index is 12.2. The summed E-state index contributed by atoms with van der Waals surface area (Å²) >= 11 is 12.5. The third kappa shape index (κ3) is 4.49. The van der Waals surface area contributed by atoms with Crippen molar-refractivity contribution in [3.63, 3.8) is 0 Å². The van der Waals surface area contributed by atoms with Gasteiger partial charge in [0.05, 0.1) is 5.02 Å². The molecule has 0 saturated carbocycles. The van der Waals surface area contributed by atoms with Gasteiger partial charge in [0, 0.05) is 15.3 Å². The highest BCUT2D eigenvalue weighted by molar-refractivity contribution is 9.10. The molecular formula is C11H14Br2ClNO2S. The average molecular weight is 420 g/mol. The normalized spacial score (nSPS) is 12.7. The number of hydrogen-bond donors (Lipinski definition) is 1. The van der Waals surface area contributed by atoms with Gasteiger partial charge in [0.1, 0.15) is 4.90 Å². The summed E-state index contributed by atoms with van der Waals surface area (Å²) in [5, 5.41) is 0.919. The van der Waals surface area contributed by atoms with E-state index in [0.717, 1.165) is 9.80 Å². The Morgan fingerprint density at radius 3 is 2.50 bits per heavy atom. The van der Waals surface area contributed by atoms with Gasteiger partial charge in [-0.3, -0.25) is 0 Å². The minimum absolute atomic E-state index is 0.0926. The average Bonchev–Trinajstić information content (AvgIpc) is 2.14. The summed E-state index contributed by atoms with van der Waals surface area (Å²) in [6.45, 7) is 3.66. The zero-order chi connectivity index (χ0) is 14.0. The van der Waals surface area contributed by atoms with Gasteiger partial charge in [0.25, 0.3) is 0 Å². The largest absolute Gasteiger partial charge is 0.242 e. The molecule has 7 heteroatoms. The van der Waals surface area contributed by atoms with E-state index >= 15 is 0 Å². The maximum Gasteiger partial charge on any atom is 0.242 e. The number of nitrogens with one attached hydrogen (secondary N) is 1. The summed E-state index contributed by atoms with van der Waals surface area (Å²) in [6, 6.07) is 4.70. The molecule has 0 spiro atoms. The molecule has 3 nitrogen and oxygen atoms in total. The maximum absolute atomic E-state index is 12.2. The summed E-state index contributed by atoms with van der Waals surface area (Å²) in [7, 11) is -3.61. The molecule has 0 saturated heterocycles. The fourth-order valence-electron chi connectivity index (χ4n) is 1.40.